The molecule has 1 heterocycles. The second-order valence-electron chi connectivity index (χ2n) is 2.22. The van der Waals surface area contributed by atoms with Crippen molar-refractivity contribution in [3.63, 3.8) is 0 Å². The molecule has 0 aliphatic carbocycles. The molecular weight excluding hydrogens is 238 g/mol. The van der Waals surface area contributed by atoms with Crippen molar-refractivity contribution in [3.05, 3.63) is 32.7 Å². The van der Waals surface area contributed by atoms with E-state index in [0.717, 1.165) is 4.47 Å². The van der Waals surface area contributed by atoms with E-state index in [9.17, 15) is 4.79 Å². The number of pyridine rings is 1. The Labute approximate surface area is 84.1 Å². The maximum atomic E-state index is 11.3. The summed E-state index contributed by atoms with van der Waals surface area (Å²) in [6.07, 6.45) is 1.69. The lowest BCUT2D eigenvalue weighted by Gasteiger charge is -1.98. The molecule has 0 aliphatic heterocycles. The first-order chi connectivity index (χ1) is 5.65. The molecule has 0 fully saturated rings. The highest BCUT2D eigenvalue weighted by atomic mass is 79.9. The van der Waals surface area contributed by atoms with E-state index in [4.69, 9.17) is 0 Å². The van der Waals surface area contributed by atoms with E-state index in [2.05, 4.69) is 39.7 Å². The van der Waals surface area contributed by atoms with Crippen molar-refractivity contribution in [1.82, 2.24) is 4.57 Å². The van der Waals surface area contributed by atoms with Gasteiger partial charge in [0, 0.05) is 17.7 Å². The Morgan fingerprint density at radius 1 is 1.67 bits per heavy atom. The Morgan fingerprint density at radius 2 is 2.33 bits per heavy atom. The molecule has 0 saturated heterocycles. The minimum atomic E-state index is -0.111. The van der Waals surface area contributed by atoms with Gasteiger partial charge in [-0.2, -0.15) is 0 Å². The Bertz CT molecular complexity index is 413. The topological polar surface area (TPSA) is 22.0 Å². The molecule has 62 valence electrons. The molecule has 0 aromatic carbocycles. The van der Waals surface area contributed by atoms with Crippen LogP contribution in [-0.2, 0) is 7.05 Å². The lowest BCUT2D eigenvalue weighted by atomic mass is 10.3. The zero-order chi connectivity index (χ0) is 9.14. The van der Waals surface area contributed by atoms with E-state index in [0.29, 0.717) is 5.56 Å². The molecule has 0 saturated carbocycles. The fourth-order valence-corrected chi connectivity index (χ4v) is 1.48. The molecule has 0 aliphatic rings. The third-order valence-corrected chi connectivity index (χ3v) is 1.89. The van der Waals surface area contributed by atoms with Crippen molar-refractivity contribution < 1.29 is 0 Å². The van der Waals surface area contributed by atoms with Crippen molar-refractivity contribution in [2.45, 2.75) is 0 Å². The van der Waals surface area contributed by atoms with Crippen LogP contribution in [0.2, 0.25) is 0 Å². The van der Waals surface area contributed by atoms with Gasteiger partial charge in [0.05, 0.1) is 5.56 Å². The van der Waals surface area contributed by atoms with Gasteiger partial charge in [-0.3, -0.25) is 4.79 Å². The Balaban J connectivity index is 3.45. The number of halogens is 1. The Hall–Kier alpha value is -0.660. The molecule has 1 rings (SSSR count). The second-order valence-corrected chi connectivity index (χ2v) is 3.36. The highest BCUT2D eigenvalue weighted by Gasteiger charge is 1.99. The van der Waals surface area contributed by atoms with E-state index in [1.54, 1.807) is 19.3 Å². The number of hydrogen-bond donors (Lipinski definition) is 1. The third-order valence-electron chi connectivity index (χ3n) is 1.34. The second kappa shape index (κ2) is 3.83. The Morgan fingerprint density at radius 3 is 2.92 bits per heavy atom. The molecule has 0 bridgehead atoms. The van der Waals surface area contributed by atoms with Crippen LogP contribution in [0.3, 0.4) is 0 Å². The summed E-state index contributed by atoms with van der Waals surface area (Å²) in [7, 11) is 1.68. The van der Waals surface area contributed by atoms with E-state index in [1.807, 2.05) is 0 Å². The molecule has 0 unspecified atom stereocenters. The van der Waals surface area contributed by atoms with Crippen LogP contribution in [0.1, 0.15) is 5.56 Å². The zero-order valence-corrected chi connectivity index (χ0v) is 8.82. The third kappa shape index (κ3) is 1.93. The molecule has 0 radical (unpaired) electrons. The fraction of sp³-hybridized carbons (Fsp3) is 0.125. The Kier molecular flexibility index (Phi) is 3.01. The van der Waals surface area contributed by atoms with Gasteiger partial charge in [0.2, 0.25) is 0 Å². The number of hydrogen-bond acceptors (Lipinski definition) is 2. The predicted molar refractivity (Wildman–Crippen MR) is 55.2 cm³/mol. The SMILES string of the molecule is Cn1cc(Br)cc(C#CS)c1=O. The maximum absolute atomic E-state index is 11.3. The molecule has 0 amide bonds. The molecule has 1 aromatic rings. The molecule has 4 heteroatoms. The minimum Gasteiger partial charge on any atom is -0.316 e. The predicted octanol–water partition coefficient (Wildman–Crippen LogP) is 1.39. The van der Waals surface area contributed by atoms with Crippen molar-refractivity contribution in [2.75, 3.05) is 0 Å². The summed E-state index contributed by atoms with van der Waals surface area (Å²) in [5, 5.41) is 2.39. The summed E-state index contributed by atoms with van der Waals surface area (Å²) in [6, 6.07) is 1.67. The molecule has 0 atom stereocenters. The van der Waals surface area contributed by atoms with Crippen LogP contribution in [0.5, 0.6) is 0 Å². The smallest absolute Gasteiger partial charge is 0.266 e. The van der Waals surface area contributed by atoms with Crippen molar-refractivity contribution in [3.8, 4) is 11.2 Å². The highest BCUT2D eigenvalue weighted by Crippen LogP contribution is 2.07. The lowest BCUT2D eigenvalue weighted by Crippen LogP contribution is -2.18. The van der Waals surface area contributed by atoms with Crippen molar-refractivity contribution in [1.29, 1.82) is 0 Å². The zero-order valence-electron chi connectivity index (χ0n) is 6.34. The van der Waals surface area contributed by atoms with E-state index >= 15 is 0 Å². The van der Waals surface area contributed by atoms with E-state index in [1.165, 1.54) is 4.57 Å². The summed E-state index contributed by atoms with van der Waals surface area (Å²) < 4.78 is 2.30. The van der Waals surface area contributed by atoms with Crippen LogP contribution in [0.25, 0.3) is 0 Å². The average molecular weight is 244 g/mol. The largest absolute Gasteiger partial charge is 0.316 e. The summed E-state index contributed by atoms with van der Waals surface area (Å²) >= 11 is 6.99. The molecule has 0 spiro atoms. The highest BCUT2D eigenvalue weighted by molar-refractivity contribution is 9.10. The number of nitrogens with zero attached hydrogens (tertiary/aromatic N) is 1. The monoisotopic (exact) mass is 243 g/mol. The summed E-state index contributed by atoms with van der Waals surface area (Å²) in [6.45, 7) is 0. The van der Waals surface area contributed by atoms with E-state index < -0.39 is 0 Å². The fourth-order valence-electron chi connectivity index (χ4n) is 0.820. The van der Waals surface area contributed by atoms with Crippen LogP contribution >= 0.6 is 28.6 Å². The van der Waals surface area contributed by atoms with Gasteiger partial charge >= 0.3 is 0 Å². The maximum Gasteiger partial charge on any atom is 0.266 e. The van der Waals surface area contributed by atoms with Gasteiger partial charge < -0.3 is 4.57 Å². The number of rotatable bonds is 0. The van der Waals surface area contributed by atoms with Gasteiger partial charge in [-0.1, -0.05) is 12.6 Å². The van der Waals surface area contributed by atoms with Crippen molar-refractivity contribution in [2.24, 2.45) is 7.05 Å². The first kappa shape index (κ1) is 9.43. The van der Waals surface area contributed by atoms with E-state index in [-0.39, 0.29) is 5.56 Å². The van der Waals surface area contributed by atoms with Crippen LogP contribution in [0.15, 0.2) is 21.5 Å². The normalized spacial score (nSPS) is 8.92. The minimum absolute atomic E-state index is 0.111. The van der Waals surface area contributed by atoms with Gasteiger partial charge in [-0.15, -0.1) is 0 Å². The summed E-state index contributed by atoms with van der Waals surface area (Å²) in [4.78, 5) is 11.3. The number of aryl methyl sites for hydroxylation is 1. The van der Waals surface area contributed by atoms with Crippen LogP contribution in [0.4, 0.5) is 0 Å². The quantitative estimate of drug-likeness (QED) is 0.540. The molecule has 12 heavy (non-hydrogen) atoms. The van der Waals surface area contributed by atoms with Crippen LogP contribution in [-0.4, -0.2) is 4.57 Å². The van der Waals surface area contributed by atoms with Crippen LogP contribution in [0, 0.1) is 11.2 Å². The van der Waals surface area contributed by atoms with Gasteiger partial charge in [-0.25, -0.2) is 0 Å². The number of thiol groups is 1. The van der Waals surface area contributed by atoms with Crippen LogP contribution < -0.4 is 5.56 Å². The molecule has 0 N–H and O–H groups in total. The van der Waals surface area contributed by atoms with Crippen molar-refractivity contribution >= 4 is 28.6 Å². The van der Waals surface area contributed by atoms with Gasteiger partial charge in [-0.05, 0) is 33.2 Å². The van der Waals surface area contributed by atoms with Gasteiger partial charge in [0.25, 0.3) is 5.56 Å². The first-order valence-electron chi connectivity index (χ1n) is 3.16. The lowest BCUT2D eigenvalue weighted by molar-refractivity contribution is 0.851. The standard InChI is InChI=1S/C8H6BrNOS/c1-10-5-7(9)4-6(2-3-12)8(10)11/h4-5,12H,1H3. The first-order valence-corrected chi connectivity index (χ1v) is 4.40. The number of aromatic nitrogens is 1. The average Bonchev–Trinajstić information content (AvgIpc) is 2.00. The van der Waals surface area contributed by atoms with Gasteiger partial charge in [0.1, 0.15) is 0 Å². The summed E-state index contributed by atoms with van der Waals surface area (Å²) in [5.74, 6) is 2.61. The summed E-state index contributed by atoms with van der Waals surface area (Å²) in [5.41, 5.74) is 0.335. The molecule has 2 nitrogen and oxygen atoms in total. The molecular formula is C8H6BrNOS. The molecule has 1 aromatic heterocycles. The van der Waals surface area contributed by atoms with Gasteiger partial charge in [0.15, 0.2) is 0 Å².